The number of amides is 4. The first-order valence-corrected chi connectivity index (χ1v) is 18.4. The van der Waals surface area contributed by atoms with Crippen LogP contribution in [0.3, 0.4) is 0 Å². The van der Waals surface area contributed by atoms with Gasteiger partial charge in [-0.15, -0.1) is 6.58 Å². The number of rotatable bonds is 9. The first-order chi connectivity index (χ1) is 23.0. The molecule has 1 aromatic carbocycles. The van der Waals surface area contributed by atoms with Crippen LogP contribution in [0.2, 0.25) is 0 Å². The number of benzene rings is 1. The predicted octanol–water partition coefficient (Wildman–Crippen LogP) is 3.12. The van der Waals surface area contributed by atoms with Crippen molar-refractivity contribution < 1.29 is 37.1 Å². The van der Waals surface area contributed by atoms with Crippen LogP contribution in [0, 0.1) is 5.92 Å². The zero-order chi connectivity index (χ0) is 34.5. The molecule has 2 fully saturated rings. The number of aromatic nitrogens is 1. The van der Waals surface area contributed by atoms with Crippen molar-refractivity contribution >= 4 is 44.6 Å². The van der Waals surface area contributed by atoms with Crippen LogP contribution in [-0.2, 0) is 35.6 Å². The Bertz CT molecular complexity index is 1670. The van der Waals surface area contributed by atoms with Crippen LogP contribution >= 0.6 is 0 Å². The third-order valence-electron chi connectivity index (χ3n) is 9.38. The monoisotopic (exact) mass is 683 g/mol. The summed E-state index contributed by atoms with van der Waals surface area (Å²) >= 11 is 0. The van der Waals surface area contributed by atoms with Gasteiger partial charge < -0.3 is 25.0 Å². The van der Waals surface area contributed by atoms with Crippen LogP contribution in [-0.4, -0.2) is 84.7 Å². The fraction of sp³-hybridized carbons (Fsp3) is 0.559. The molecule has 13 nitrogen and oxygen atoms in total. The van der Waals surface area contributed by atoms with Gasteiger partial charge in [-0.05, 0) is 68.5 Å². The van der Waals surface area contributed by atoms with E-state index in [0.29, 0.717) is 25.1 Å². The summed E-state index contributed by atoms with van der Waals surface area (Å²) in [7, 11) is -3.90. The van der Waals surface area contributed by atoms with Gasteiger partial charge in [-0.1, -0.05) is 38.0 Å². The number of pyridine rings is 1. The number of sulfonamides is 1. The molecule has 4 bridgehead atoms. The lowest BCUT2D eigenvalue weighted by Gasteiger charge is -2.29. The van der Waals surface area contributed by atoms with E-state index in [0.717, 1.165) is 42.0 Å². The summed E-state index contributed by atoms with van der Waals surface area (Å²) in [6, 6.07) is 5.97. The Balaban J connectivity index is 1.47. The highest BCUT2D eigenvalue weighted by molar-refractivity contribution is 7.90. The van der Waals surface area contributed by atoms with E-state index in [9.17, 15) is 27.6 Å². The third kappa shape index (κ3) is 7.91. The molecule has 3 N–H and O–H groups in total. The lowest BCUT2D eigenvalue weighted by Crippen LogP contribution is -2.58. The maximum atomic E-state index is 14.2. The topological polar surface area (TPSA) is 173 Å². The molecule has 48 heavy (non-hydrogen) atoms. The third-order valence-corrected chi connectivity index (χ3v) is 10.6. The lowest BCUT2D eigenvalue weighted by molar-refractivity contribution is -0.141. The molecule has 3 aliphatic rings. The van der Waals surface area contributed by atoms with Crippen molar-refractivity contribution in [3.8, 4) is 5.88 Å². The average molecular weight is 684 g/mol. The second-order valence-electron chi connectivity index (χ2n) is 12.8. The van der Waals surface area contributed by atoms with Crippen LogP contribution in [0.5, 0.6) is 5.88 Å². The number of alkyl carbamates (subject to hydrolysis) is 1. The maximum Gasteiger partial charge on any atom is 0.407 e. The molecule has 2 aromatic rings. The Morgan fingerprint density at radius 2 is 2.00 bits per heavy atom. The summed E-state index contributed by atoms with van der Waals surface area (Å²) in [6.45, 7) is 7.34. The largest absolute Gasteiger partial charge is 0.472 e. The van der Waals surface area contributed by atoms with E-state index < -0.39 is 63.5 Å². The highest BCUT2D eigenvalue weighted by atomic mass is 32.2. The molecule has 1 saturated heterocycles. The number of aryl methyl sites for hydroxylation is 1. The van der Waals surface area contributed by atoms with E-state index in [1.54, 1.807) is 6.20 Å². The summed E-state index contributed by atoms with van der Waals surface area (Å²) in [5.41, 5.74) is -0.424. The van der Waals surface area contributed by atoms with Gasteiger partial charge in [0.15, 0.2) is 0 Å². The minimum Gasteiger partial charge on any atom is -0.472 e. The summed E-state index contributed by atoms with van der Waals surface area (Å²) < 4.78 is 38.4. The van der Waals surface area contributed by atoms with Crippen LogP contribution in [0.4, 0.5) is 4.79 Å². The first-order valence-electron chi connectivity index (χ1n) is 16.8. The molecule has 0 spiro atoms. The number of hydrogen-bond acceptors (Lipinski definition) is 9. The molecule has 1 unspecified atom stereocenters. The molecule has 1 aromatic heterocycles. The van der Waals surface area contributed by atoms with E-state index in [4.69, 9.17) is 9.47 Å². The minimum absolute atomic E-state index is 0.0162. The minimum atomic E-state index is -3.90. The van der Waals surface area contributed by atoms with Crippen molar-refractivity contribution in [3.63, 3.8) is 0 Å². The molecule has 260 valence electrons. The quantitative estimate of drug-likeness (QED) is 0.336. The fourth-order valence-corrected chi connectivity index (χ4v) is 7.04. The standard InChI is InChI=1S/C34H45N5O8S/c1-4-7-12-27-31(41)39-21-25(19-28(39)29(40)37-34(20-24(34)5-2)32(42)38-48(44,45)6-3)47-30-26-18-22(13-14-23(26)15-16-35-30)11-9-8-10-17-46-33(43)36-27/h5,13-16,18,24-25,27-28H,2,4,6-12,17,19-21H2,1,3H3,(H,36,43)(H,37,40)(H,38,42)/t24-,25-,27+,28+,34?/m1/s1. The number of carbonyl (C=O) groups is 4. The number of carbonyl (C=O) groups excluding carboxylic acids is 4. The zero-order valence-corrected chi connectivity index (χ0v) is 28.4. The van der Waals surface area contributed by atoms with Gasteiger partial charge in [-0.2, -0.15) is 0 Å². The van der Waals surface area contributed by atoms with Gasteiger partial charge in [0, 0.05) is 23.9 Å². The van der Waals surface area contributed by atoms with Crippen molar-refractivity contribution in [2.75, 3.05) is 18.9 Å². The highest BCUT2D eigenvalue weighted by Crippen LogP contribution is 2.45. The zero-order valence-electron chi connectivity index (χ0n) is 27.5. The predicted molar refractivity (Wildman–Crippen MR) is 178 cm³/mol. The number of hydrogen-bond donors (Lipinski definition) is 3. The molecular weight excluding hydrogens is 638 g/mol. The Morgan fingerprint density at radius 1 is 1.19 bits per heavy atom. The second kappa shape index (κ2) is 14.9. The summed E-state index contributed by atoms with van der Waals surface area (Å²) in [5.74, 6) is -2.42. The summed E-state index contributed by atoms with van der Waals surface area (Å²) in [5, 5.41) is 7.24. The molecule has 2 aliphatic heterocycles. The SMILES string of the molecule is C=C[C@@H]1CC1(NC(=O)[C@@H]1C[C@@H]2CN1C(=O)[C@H](CCCC)NC(=O)OCCCCCc1ccc3ccnc(c3c1)O2)C(=O)NS(=O)(=O)CC. The molecule has 1 aliphatic carbocycles. The second-order valence-corrected chi connectivity index (χ2v) is 14.8. The van der Waals surface area contributed by atoms with E-state index >= 15 is 0 Å². The van der Waals surface area contributed by atoms with Crippen molar-refractivity contribution in [2.45, 2.75) is 95.4 Å². The van der Waals surface area contributed by atoms with Crippen LogP contribution in [0.15, 0.2) is 43.1 Å². The van der Waals surface area contributed by atoms with Crippen molar-refractivity contribution in [1.29, 1.82) is 0 Å². The molecule has 5 atom stereocenters. The Hall–Kier alpha value is -4.20. The normalized spacial score (nSPS) is 26.4. The van der Waals surface area contributed by atoms with E-state index in [-0.39, 0.29) is 31.7 Å². The number of nitrogens with one attached hydrogen (secondary N) is 3. The van der Waals surface area contributed by atoms with Crippen LogP contribution in [0.25, 0.3) is 10.8 Å². The number of ether oxygens (including phenoxy) is 2. The van der Waals surface area contributed by atoms with Crippen LogP contribution in [0.1, 0.15) is 70.8 Å². The molecule has 1 saturated carbocycles. The maximum absolute atomic E-state index is 14.2. The first kappa shape index (κ1) is 35.1. The molecule has 5 rings (SSSR count). The molecule has 3 heterocycles. The van der Waals surface area contributed by atoms with Gasteiger partial charge in [0.1, 0.15) is 23.7 Å². The summed E-state index contributed by atoms with van der Waals surface area (Å²) in [4.78, 5) is 60.2. The Labute approximate surface area is 281 Å². The highest BCUT2D eigenvalue weighted by Gasteiger charge is 2.61. The van der Waals surface area contributed by atoms with Crippen LogP contribution < -0.4 is 20.1 Å². The van der Waals surface area contributed by atoms with E-state index in [2.05, 4.69) is 33.0 Å². The number of fused-ring (bicyclic) bond motifs is 3. The smallest absolute Gasteiger partial charge is 0.407 e. The van der Waals surface area contributed by atoms with E-state index in [1.807, 2.05) is 25.1 Å². The molecule has 4 amide bonds. The molecule has 0 radical (unpaired) electrons. The molecular formula is C34H45N5O8S. The number of nitrogens with zero attached hydrogens (tertiary/aromatic N) is 2. The van der Waals surface area contributed by atoms with Crippen molar-refractivity contribution in [1.82, 2.24) is 25.2 Å². The Morgan fingerprint density at radius 3 is 2.73 bits per heavy atom. The average Bonchev–Trinajstić information content (AvgIpc) is 3.63. The van der Waals surface area contributed by atoms with Gasteiger partial charge in [0.2, 0.25) is 27.7 Å². The van der Waals surface area contributed by atoms with Gasteiger partial charge in [-0.25, -0.2) is 18.2 Å². The lowest BCUT2D eigenvalue weighted by atomic mass is 10.0. The van der Waals surface area contributed by atoms with Gasteiger partial charge in [0.25, 0.3) is 5.91 Å². The van der Waals surface area contributed by atoms with E-state index in [1.165, 1.54) is 17.9 Å². The molecule has 14 heteroatoms. The van der Waals surface area contributed by atoms with Crippen molar-refractivity contribution in [3.05, 3.63) is 48.7 Å². The van der Waals surface area contributed by atoms with Crippen molar-refractivity contribution in [2.24, 2.45) is 5.92 Å². The van der Waals surface area contributed by atoms with Gasteiger partial charge in [-0.3, -0.25) is 19.1 Å². The fourth-order valence-electron chi connectivity index (χ4n) is 6.44. The van der Waals surface area contributed by atoms with Gasteiger partial charge in [0.05, 0.1) is 18.9 Å². The number of cyclic esters (lactones) is 1. The number of unbranched alkanes of at least 4 members (excludes halogenated alkanes) is 1. The van der Waals surface area contributed by atoms with Gasteiger partial charge >= 0.3 is 6.09 Å². The summed E-state index contributed by atoms with van der Waals surface area (Å²) in [6.07, 6.45) is 6.99. The Kier molecular flexibility index (Phi) is 10.9.